The summed E-state index contributed by atoms with van der Waals surface area (Å²) in [5.74, 6) is 0.0444. The zero-order valence-corrected chi connectivity index (χ0v) is 15.1. The number of fused-ring (bicyclic) bond motifs is 3. The van der Waals surface area contributed by atoms with Crippen LogP contribution < -0.4 is 16.7 Å². The summed E-state index contributed by atoms with van der Waals surface area (Å²) in [4.78, 5) is 42.0. The Morgan fingerprint density at radius 1 is 1.08 bits per heavy atom. The Morgan fingerprint density at radius 2 is 1.77 bits per heavy atom. The molecule has 0 aliphatic rings. The third-order valence-electron chi connectivity index (χ3n) is 4.36. The summed E-state index contributed by atoms with van der Waals surface area (Å²) >= 11 is 0. The average Bonchev–Trinajstić information content (AvgIpc) is 2.95. The first kappa shape index (κ1) is 17.9. The monoisotopic (exact) mass is 357 g/mol. The first-order chi connectivity index (χ1) is 12.6. The summed E-state index contributed by atoms with van der Waals surface area (Å²) in [5, 5.41) is 2.82. The van der Waals surface area contributed by atoms with E-state index < -0.39 is 17.4 Å². The van der Waals surface area contributed by atoms with Crippen LogP contribution in [0.3, 0.4) is 0 Å². The summed E-state index contributed by atoms with van der Waals surface area (Å²) in [6.45, 7) is 4.85. The van der Waals surface area contributed by atoms with E-state index >= 15 is 0 Å². The number of hydrogen-bond acceptors (Lipinski definition) is 4. The van der Waals surface area contributed by atoms with E-state index in [2.05, 4.69) is 10.3 Å². The van der Waals surface area contributed by atoms with Crippen molar-refractivity contribution in [2.24, 2.45) is 0 Å². The van der Waals surface area contributed by atoms with Gasteiger partial charge in [0, 0.05) is 13.1 Å². The quantitative estimate of drug-likeness (QED) is 0.683. The lowest BCUT2D eigenvalue weighted by Crippen LogP contribution is -2.40. The van der Waals surface area contributed by atoms with Gasteiger partial charge in [-0.25, -0.2) is 27.9 Å². The Hall–Kier alpha value is -2.90. The average molecular weight is 357 g/mol. The maximum atomic E-state index is 12.9. The first-order valence-electron chi connectivity index (χ1n) is 9.01. The number of carbonyl (C=O) groups is 1. The van der Waals surface area contributed by atoms with Crippen LogP contribution in [-0.2, 0) is 6.54 Å². The minimum atomic E-state index is -0.631. The minimum Gasteiger partial charge on any atom is -0.337 e. The van der Waals surface area contributed by atoms with E-state index in [-0.39, 0.29) is 5.78 Å². The van der Waals surface area contributed by atoms with Crippen LogP contribution >= 0.6 is 0 Å². The maximum Gasteiger partial charge on any atom is 0.354 e. The lowest BCUT2D eigenvalue weighted by molar-refractivity contribution is 0.243. The normalized spacial score (nSPS) is 11.3. The van der Waals surface area contributed by atoms with Crippen LogP contribution in [0.5, 0.6) is 0 Å². The van der Waals surface area contributed by atoms with E-state index in [0.717, 1.165) is 23.8 Å². The summed E-state index contributed by atoms with van der Waals surface area (Å²) in [6.07, 6.45) is 3.36. The Kier molecular flexibility index (Phi) is 5.20. The van der Waals surface area contributed by atoms with Gasteiger partial charge in [0.25, 0.3) is 0 Å². The zero-order chi connectivity index (χ0) is 18.7. The predicted octanol–water partition coefficient (Wildman–Crippen LogP) is 1.97. The van der Waals surface area contributed by atoms with E-state index in [1.807, 2.05) is 13.8 Å². The molecule has 0 radical (unpaired) electrons. The molecule has 2 heterocycles. The molecule has 0 saturated heterocycles. The zero-order valence-electron chi connectivity index (χ0n) is 15.1. The molecule has 3 aromatic rings. The van der Waals surface area contributed by atoms with Crippen molar-refractivity contribution in [1.82, 2.24) is 23.8 Å². The van der Waals surface area contributed by atoms with Crippen molar-refractivity contribution in [3.63, 3.8) is 0 Å². The second kappa shape index (κ2) is 7.55. The molecule has 1 aromatic carbocycles. The highest BCUT2D eigenvalue weighted by Gasteiger charge is 2.20. The molecule has 1 N–H and O–H groups in total. The van der Waals surface area contributed by atoms with Crippen LogP contribution in [0, 0.1) is 0 Å². The number of hydrogen-bond donors (Lipinski definition) is 1. The molecule has 0 aliphatic heterocycles. The van der Waals surface area contributed by atoms with E-state index in [4.69, 9.17) is 0 Å². The Bertz CT molecular complexity index is 1060. The molecule has 0 saturated carbocycles. The van der Waals surface area contributed by atoms with Gasteiger partial charge in [0.1, 0.15) is 0 Å². The Morgan fingerprint density at radius 3 is 2.46 bits per heavy atom. The molecule has 138 valence electrons. The van der Waals surface area contributed by atoms with Gasteiger partial charge in [-0.15, -0.1) is 0 Å². The molecular formula is C18H23N5O3. The molecule has 8 heteroatoms. The van der Waals surface area contributed by atoms with Crippen molar-refractivity contribution < 1.29 is 4.79 Å². The number of imidazole rings is 1. The van der Waals surface area contributed by atoms with Gasteiger partial charge in [0.15, 0.2) is 0 Å². The molecule has 0 unspecified atom stereocenters. The SMILES string of the molecule is CCCCNC(=O)n1c2ccccc2n2c(=O)n(CCCC)c(=O)nc12. The van der Waals surface area contributed by atoms with Gasteiger partial charge in [-0.05, 0) is 25.0 Å². The molecule has 2 aromatic heterocycles. The minimum absolute atomic E-state index is 0.0444. The molecule has 0 bridgehead atoms. The van der Waals surface area contributed by atoms with Gasteiger partial charge in [-0.2, -0.15) is 4.98 Å². The third-order valence-corrected chi connectivity index (χ3v) is 4.36. The highest BCUT2D eigenvalue weighted by Crippen LogP contribution is 2.17. The number of unbranched alkanes of at least 4 members (excludes halogenated alkanes) is 2. The fourth-order valence-electron chi connectivity index (χ4n) is 2.95. The second-order valence-electron chi connectivity index (χ2n) is 6.23. The number of nitrogens with one attached hydrogen (secondary N) is 1. The highest BCUT2D eigenvalue weighted by molar-refractivity contribution is 5.94. The first-order valence-corrected chi connectivity index (χ1v) is 9.01. The van der Waals surface area contributed by atoms with Gasteiger partial charge in [0.2, 0.25) is 5.78 Å². The number of para-hydroxylation sites is 2. The van der Waals surface area contributed by atoms with Crippen molar-refractivity contribution in [2.75, 3.05) is 6.54 Å². The van der Waals surface area contributed by atoms with Gasteiger partial charge < -0.3 is 5.32 Å². The number of nitrogens with zero attached hydrogens (tertiary/aromatic N) is 4. The number of aromatic nitrogens is 4. The molecular weight excluding hydrogens is 334 g/mol. The highest BCUT2D eigenvalue weighted by atomic mass is 16.2. The van der Waals surface area contributed by atoms with Crippen LogP contribution in [0.15, 0.2) is 33.9 Å². The molecule has 0 fully saturated rings. The summed E-state index contributed by atoms with van der Waals surface area (Å²) in [7, 11) is 0. The number of carbonyl (C=O) groups excluding carboxylic acids is 1. The standard InChI is InChI=1S/C18H23N5O3/c1-3-5-11-19-16(24)22-13-9-7-8-10-14(13)23-15(22)20-17(25)21(18(23)26)12-6-4-2/h7-10H,3-6,11-12H2,1-2H3,(H,19,24). The van der Waals surface area contributed by atoms with Crippen molar-refractivity contribution in [2.45, 2.75) is 46.1 Å². The fourth-order valence-corrected chi connectivity index (χ4v) is 2.95. The molecule has 8 nitrogen and oxygen atoms in total. The molecule has 1 amide bonds. The van der Waals surface area contributed by atoms with E-state index in [0.29, 0.717) is 30.5 Å². The third kappa shape index (κ3) is 3.02. The van der Waals surface area contributed by atoms with E-state index in [1.54, 1.807) is 24.3 Å². The predicted molar refractivity (Wildman–Crippen MR) is 99.8 cm³/mol. The molecule has 0 aliphatic carbocycles. The lowest BCUT2D eigenvalue weighted by Gasteiger charge is -2.07. The number of benzene rings is 1. The molecule has 26 heavy (non-hydrogen) atoms. The van der Waals surface area contributed by atoms with Gasteiger partial charge in [-0.1, -0.05) is 38.8 Å². The molecule has 3 rings (SSSR count). The van der Waals surface area contributed by atoms with Crippen LogP contribution in [0.25, 0.3) is 16.8 Å². The fraction of sp³-hybridized carbons (Fsp3) is 0.444. The van der Waals surface area contributed by atoms with Crippen molar-refractivity contribution in [3.05, 3.63) is 45.2 Å². The maximum absolute atomic E-state index is 12.9. The van der Waals surface area contributed by atoms with Gasteiger partial charge in [0.05, 0.1) is 11.0 Å². The second-order valence-corrected chi connectivity index (χ2v) is 6.23. The molecule has 0 spiro atoms. The van der Waals surface area contributed by atoms with E-state index in [9.17, 15) is 14.4 Å². The van der Waals surface area contributed by atoms with Crippen LogP contribution in [0.2, 0.25) is 0 Å². The summed E-state index contributed by atoms with van der Waals surface area (Å²) < 4.78 is 3.77. The largest absolute Gasteiger partial charge is 0.354 e. The smallest absolute Gasteiger partial charge is 0.337 e. The Labute approximate surface area is 150 Å². The van der Waals surface area contributed by atoms with Gasteiger partial charge in [-0.3, -0.25) is 0 Å². The van der Waals surface area contributed by atoms with Crippen molar-refractivity contribution in [3.8, 4) is 0 Å². The Balaban J connectivity index is 2.26. The van der Waals surface area contributed by atoms with Gasteiger partial charge >= 0.3 is 17.4 Å². The van der Waals surface area contributed by atoms with Crippen LogP contribution in [0.1, 0.15) is 39.5 Å². The van der Waals surface area contributed by atoms with Crippen LogP contribution in [0.4, 0.5) is 4.79 Å². The summed E-state index contributed by atoms with van der Waals surface area (Å²) in [5.41, 5.74) is -0.00625. The summed E-state index contributed by atoms with van der Waals surface area (Å²) in [6, 6.07) is 6.66. The lowest BCUT2D eigenvalue weighted by atomic mass is 10.3. The van der Waals surface area contributed by atoms with Crippen molar-refractivity contribution in [1.29, 1.82) is 0 Å². The number of rotatable bonds is 6. The topological polar surface area (TPSA) is 90.4 Å². The van der Waals surface area contributed by atoms with Crippen LogP contribution in [-0.4, -0.2) is 31.1 Å². The molecule has 0 atom stereocenters. The van der Waals surface area contributed by atoms with Crippen molar-refractivity contribution >= 4 is 22.8 Å². The van der Waals surface area contributed by atoms with E-state index in [1.165, 1.54) is 8.97 Å². The number of amides is 1.